The van der Waals surface area contributed by atoms with E-state index in [9.17, 15) is 24.3 Å². The number of phenols is 1. The molecule has 0 aliphatic heterocycles. The van der Waals surface area contributed by atoms with Crippen LogP contribution >= 0.6 is 0 Å². The summed E-state index contributed by atoms with van der Waals surface area (Å²) in [5.74, 6) is -1.66. The molecule has 10 heteroatoms. The van der Waals surface area contributed by atoms with E-state index in [1.54, 1.807) is 58.9 Å². The van der Waals surface area contributed by atoms with Crippen LogP contribution in [-0.4, -0.2) is 65.2 Å². The zero-order valence-electron chi connectivity index (χ0n) is 24.3. The number of ether oxygens (including phenoxy) is 2. The zero-order valence-corrected chi connectivity index (χ0v) is 24.3. The number of hydrogen-bond acceptors (Lipinski definition) is 7. The van der Waals surface area contributed by atoms with E-state index in [1.165, 1.54) is 24.1 Å². The van der Waals surface area contributed by atoms with Gasteiger partial charge in [-0.25, -0.2) is 4.79 Å². The maximum Gasteiger partial charge on any atom is 0.408 e. The van der Waals surface area contributed by atoms with E-state index in [-0.39, 0.29) is 18.7 Å². The van der Waals surface area contributed by atoms with Crippen molar-refractivity contribution in [3.8, 4) is 5.75 Å². The number of methoxy groups -OCH3 is 1. The lowest BCUT2D eigenvalue weighted by molar-refractivity contribution is -0.146. The van der Waals surface area contributed by atoms with Crippen molar-refractivity contribution >= 4 is 23.9 Å². The molecule has 0 fully saturated rings. The second kappa shape index (κ2) is 14.3. The van der Waals surface area contributed by atoms with Gasteiger partial charge in [-0.2, -0.15) is 0 Å². The molecule has 0 aliphatic carbocycles. The van der Waals surface area contributed by atoms with Crippen LogP contribution in [0.1, 0.15) is 64.3 Å². The number of alkyl carbamates (subject to hydrolysis) is 1. The summed E-state index contributed by atoms with van der Waals surface area (Å²) in [5, 5.41) is 14.9. The van der Waals surface area contributed by atoms with Crippen LogP contribution in [0, 0.1) is 0 Å². The number of carbonyl (C=O) groups excluding carboxylic acids is 4. The van der Waals surface area contributed by atoms with Gasteiger partial charge in [-0.15, -0.1) is 0 Å². The van der Waals surface area contributed by atoms with Crippen LogP contribution in [-0.2, 0) is 36.7 Å². The van der Waals surface area contributed by atoms with Gasteiger partial charge in [-0.1, -0.05) is 43.3 Å². The summed E-state index contributed by atoms with van der Waals surface area (Å²) in [5.41, 5.74) is 1.47. The molecule has 2 rings (SSSR count). The number of nitrogens with one attached hydrogen (secondary N) is 2. The number of esters is 1. The fourth-order valence-corrected chi connectivity index (χ4v) is 4.08. The first-order valence-corrected chi connectivity index (χ1v) is 13.3. The van der Waals surface area contributed by atoms with E-state index in [2.05, 4.69) is 15.4 Å². The molecule has 0 heterocycles. The largest absolute Gasteiger partial charge is 0.508 e. The van der Waals surface area contributed by atoms with Crippen molar-refractivity contribution in [2.24, 2.45) is 0 Å². The Labute approximate surface area is 236 Å². The maximum absolute atomic E-state index is 14.2. The van der Waals surface area contributed by atoms with Gasteiger partial charge in [0.2, 0.25) is 11.8 Å². The molecule has 2 unspecified atom stereocenters. The first-order valence-electron chi connectivity index (χ1n) is 13.3. The molecule has 0 saturated heterocycles. The minimum atomic E-state index is -1.11. The molecular formula is C30H41N3O7. The van der Waals surface area contributed by atoms with Gasteiger partial charge in [0, 0.05) is 12.5 Å². The van der Waals surface area contributed by atoms with E-state index in [1.807, 2.05) is 19.1 Å². The van der Waals surface area contributed by atoms with Crippen LogP contribution in [0.5, 0.6) is 5.75 Å². The summed E-state index contributed by atoms with van der Waals surface area (Å²) in [6.07, 6.45) is 0.0838. The molecule has 0 spiro atoms. The molecule has 10 nitrogen and oxygen atoms in total. The summed E-state index contributed by atoms with van der Waals surface area (Å²) in [6, 6.07) is 10.9. The van der Waals surface area contributed by atoms with Crippen LogP contribution in [0.4, 0.5) is 4.79 Å². The lowest BCUT2D eigenvalue weighted by atomic mass is 9.97. The molecule has 2 atom stereocenters. The first-order chi connectivity index (χ1) is 18.7. The monoisotopic (exact) mass is 555 g/mol. The summed E-state index contributed by atoms with van der Waals surface area (Å²) < 4.78 is 10.1. The Hall–Kier alpha value is -4.08. The standard InChI is InChI=1S/C30H41N3O7/c1-8-20-9-13-22(14-10-20)26(27(36)31-18-25(35)39-7)33(19(2)3)28(37)24(32-29(38)40-30(4,5)6)17-21-11-15-23(34)16-12-21/h9-16,19,24,26,34H,8,17-18H2,1-7H3,(H,31,36)(H,32,38). The van der Waals surface area contributed by atoms with Crippen molar-refractivity contribution in [2.75, 3.05) is 13.7 Å². The van der Waals surface area contributed by atoms with E-state index in [0.717, 1.165) is 12.0 Å². The van der Waals surface area contributed by atoms with Crippen LogP contribution in [0.25, 0.3) is 0 Å². The molecule has 0 bridgehead atoms. The fourth-order valence-electron chi connectivity index (χ4n) is 4.08. The van der Waals surface area contributed by atoms with Gasteiger partial charge < -0.3 is 30.1 Å². The number of rotatable bonds is 11. The number of hydrogen-bond donors (Lipinski definition) is 3. The molecule has 0 radical (unpaired) electrons. The molecule has 2 aromatic carbocycles. The predicted octanol–water partition coefficient (Wildman–Crippen LogP) is 3.66. The third kappa shape index (κ3) is 9.59. The molecule has 3 amide bonds. The summed E-state index contributed by atoms with van der Waals surface area (Å²) >= 11 is 0. The second-order valence-electron chi connectivity index (χ2n) is 10.7. The minimum Gasteiger partial charge on any atom is -0.508 e. The van der Waals surface area contributed by atoms with Gasteiger partial charge in [0.05, 0.1) is 7.11 Å². The van der Waals surface area contributed by atoms with Gasteiger partial charge in [-0.05, 0) is 69.9 Å². The number of aromatic hydroxyl groups is 1. The number of carbonyl (C=O) groups is 4. The van der Waals surface area contributed by atoms with E-state index < -0.39 is 47.6 Å². The van der Waals surface area contributed by atoms with Crippen LogP contribution < -0.4 is 10.6 Å². The Balaban J connectivity index is 2.54. The normalized spacial score (nSPS) is 12.7. The van der Waals surface area contributed by atoms with Crippen molar-refractivity contribution < 1.29 is 33.8 Å². The Bertz CT molecular complexity index is 1160. The molecule has 0 saturated carbocycles. The Morgan fingerprint density at radius 3 is 2.02 bits per heavy atom. The van der Waals surface area contributed by atoms with Crippen molar-refractivity contribution in [2.45, 2.75) is 78.1 Å². The smallest absolute Gasteiger partial charge is 0.408 e. The zero-order chi connectivity index (χ0) is 30.0. The van der Waals surface area contributed by atoms with E-state index in [4.69, 9.17) is 4.74 Å². The van der Waals surface area contributed by atoms with Crippen molar-refractivity contribution in [1.29, 1.82) is 0 Å². The van der Waals surface area contributed by atoms with Gasteiger partial charge in [0.25, 0.3) is 0 Å². The number of amides is 3. The van der Waals surface area contributed by atoms with Gasteiger partial charge in [-0.3, -0.25) is 14.4 Å². The van der Waals surface area contributed by atoms with Crippen molar-refractivity contribution in [1.82, 2.24) is 15.5 Å². The summed E-state index contributed by atoms with van der Waals surface area (Å²) in [7, 11) is 1.22. The van der Waals surface area contributed by atoms with E-state index >= 15 is 0 Å². The Morgan fingerprint density at radius 2 is 1.52 bits per heavy atom. The molecule has 2 aromatic rings. The Morgan fingerprint density at radius 1 is 0.950 bits per heavy atom. The lowest BCUT2D eigenvalue weighted by Gasteiger charge is -2.37. The van der Waals surface area contributed by atoms with Gasteiger partial charge >= 0.3 is 12.1 Å². The van der Waals surface area contributed by atoms with Gasteiger partial charge in [0.1, 0.15) is 30.0 Å². The first kappa shape index (κ1) is 32.1. The van der Waals surface area contributed by atoms with Crippen molar-refractivity contribution in [3.05, 3.63) is 65.2 Å². The number of nitrogens with zero attached hydrogens (tertiary/aromatic N) is 1. The summed E-state index contributed by atoms with van der Waals surface area (Å²) in [6.45, 7) is 10.3. The number of benzene rings is 2. The summed E-state index contributed by atoms with van der Waals surface area (Å²) in [4.78, 5) is 53.7. The molecule has 0 aromatic heterocycles. The number of phenolic OH excluding ortho intramolecular Hbond substituents is 1. The van der Waals surface area contributed by atoms with E-state index in [0.29, 0.717) is 11.1 Å². The molecule has 218 valence electrons. The molecular weight excluding hydrogens is 514 g/mol. The lowest BCUT2D eigenvalue weighted by Crippen LogP contribution is -2.56. The third-order valence-corrected chi connectivity index (χ3v) is 6.04. The SMILES string of the molecule is CCc1ccc(C(C(=O)NCC(=O)OC)N(C(=O)C(Cc2ccc(O)cc2)NC(=O)OC(C)(C)C)C(C)C)cc1. The van der Waals surface area contributed by atoms with Crippen LogP contribution in [0.2, 0.25) is 0 Å². The number of aryl methyl sites for hydroxylation is 1. The highest BCUT2D eigenvalue weighted by Gasteiger charge is 2.38. The molecule has 40 heavy (non-hydrogen) atoms. The van der Waals surface area contributed by atoms with Gasteiger partial charge in [0.15, 0.2) is 0 Å². The van der Waals surface area contributed by atoms with Crippen LogP contribution in [0.3, 0.4) is 0 Å². The quantitative estimate of drug-likeness (QED) is 0.360. The third-order valence-electron chi connectivity index (χ3n) is 6.04. The fraction of sp³-hybridized carbons (Fsp3) is 0.467. The molecule has 3 N–H and O–H groups in total. The highest BCUT2D eigenvalue weighted by atomic mass is 16.6. The second-order valence-corrected chi connectivity index (χ2v) is 10.7. The van der Waals surface area contributed by atoms with Crippen LogP contribution in [0.15, 0.2) is 48.5 Å². The Kier molecular flexibility index (Phi) is 11.5. The predicted molar refractivity (Wildman–Crippen MR) is 151 cm³/mol. The average molecular weight is 556 g/mol. The average Bonchev–Trinajstić information content (AvgIpc) is 2.89. The minimum absolute atomic E-state index is 0.0633. The highest BCUT2D eigenvalue weighted by Crippen LogP contribution is 2.26. The maximum atomic E-state index is 14.2. The van der Waals surface area contributed by atoms with Crippen molar-refractivity contribution in [3.63, 3.8) is 0 Å². The highest BCUT2D eigenvalue weighted by molar-refractivity contribution is 5.93. The topological polar surface area (TPSA) is 134 Å². The molecule has 0 aliphatic rings.